The van der Waals surface area contributed by atoms with Crippen LogP contribution in [0.1, 0.15) is 5.56 Å². The standard InChI is InChI=1S/C10H14N4/c1-8-4-5-10-9(6-8)11-12-14(10)7-13(2)3/h4-6H,7H2,1-3H3. The Morgan fingerprint density at radius 2 is 2.14 bits per heavy atom. The van der Waals surface area contributed by atoms with Crippen molar-refractivity contribution in [2.75, 3.05) is 14.1 Å². The predicted octanol–water partition coefficient (Wildman–Crippen LogP) is 1.26. The largest absolute Gasteiger partial charge is 0.291 e. The highest BCUT2D eigenvalue weighted by Crippen LogP contribution is 2.12. The van der Waals surface area contributed by atoms with Crippen molar-refractivity contribution in [3.63, 3.8) is 0 Å². The zero-order chi connectivity index (χ0) is 10.1. The summed E-state index contributed by atoms with van der Waals surface area (Å²) in [6, 6.07) is 6.19. The number of aromatic nitrogens is 3. The van der Waals surface area contributed by atoms with Gasteiger partial charge in [0.05, 0.1) is 12.2 Å². The Bertz CT molecular complexity index is 444. The quantitative estimate of drug-likeness (QED) is 0.715. The van der Waals surface area contributed by atoms with E-state index in [0.29, 0.717) is 0 Å². The van der Waals surface area contributed by atoms with Gasteiger partial charge in [-0.15, -0.1) is 5.10 Å². The Labute approximate surface area is 83.1 Å². The molecule has 0 saturated carbocycles. The molecule has 0 N–H and O–H groups in total. The fourth-order valence-electron chi connectivity index (χ4n) is 1.45. The lowest BCUT2D eigenvalue weighted by Gasteiger charge is -2.09. The topological polar surface area (TPSA) is 34.0 Å². The van der Waals surface area contributed by atoms with E-state index < -0.39 is 0 Å². The van der Waals surface area contributed by atoms with Crippen LogP contribution in [0.3, 0.4) is 0 Å². The minimum Gasteiger partial charge on any atom is -0.291 e. The molecule has 4 nitrogen and oxygen atoms in total. The molecule has 4 heteroatoms. The van der Waals surface area contributed by atoms with E-state index in [1.54, 1.807) is 0 Å². The number of rotatable bonds is 2. The lowest BCUT2D eigenvalue weighted by Crippen LogP contribution is -2.17. The summed E-state index contributed by atoms with van der Waals surface area (Å²) in [4.78, 5) is 2.06. The van der Waals surface area contributed by atoms with E-state index in [9.17, 15) is 0 Å². The summed E-state index contributed by atoms with van der Waals surface area (Å²) in [5.41, 5.74) is 3.27. The smallest absolute Gasteiger partial charge is 0.113 e. The van der Waals surface area contributed by atoms with E-state index >= 15 is 0 Å². The third-order valence-corrected chi connectivity index (χ3v) is 2.09. The van der Waals surface area contributed by atoms with Crippen LogP contribution in [0.5, 0.6) is 0 Å². The molecule has 2 aromatic rings. The van der Waals surface area contributed by atoms with Crippen molar-refractivity contribution >= 4 is 11.0 Å². The first kappa shape index (κ1) is 9.15. The highest BCUT2D eigenvalue weighted by Gasteiger charge is 2.04. The van der Waals surface area contributed by atoms with Crippen molar-refractivity contribution in [2.45, 2.75) is 13.6 Å². The van der Waals surface area contributed by atoms with Gasteiger partial charge in [-0.3, -0.25) is 4.90 Å². The monoisotopic (exact) mass is 190 g/mol. The van der Waals surface area contributed by atoms with Gasteiger partial charge in [0.25, 0.3) is 0 Å². The molecule has 0 radical (unpaired) electrons. The predicted molar refractivity (Wildman–Crippen MR) is 56.0 cm³/mol. The third-order valence-electron chi connectivity index (χ3n) is 2.09. The number of hydrogen-bond acceptors (Lipinski definition) is 3. The van der Waals surface area contributed by atoms with Crippen molar-refractivity contribution in [3.8, 4) is 0 Å². The second-order valence-corrected chi connectivity index (χ2v) is 3.80. The van der Waals surface area contributed by atoms with Crippen molar-refractivity contribution < 1.29 is 0 Å². The molecule has 0 atom stereocenters. The summed E-state index contributed by atoms with van der Waals surface area (Å²) in [6.07, 6.45) is 0. The fraction of sp³-hybridized carbons (Fsp3) is 0.400. The molecule has 0 unspecified atom stereocenters. The first-order valence-electron chi connectivity index (χ1n) is 4.61. The zero-order valence-corrected chi connectivity index (χ0v) is 8.73. The molecule has 2 rings (SSSR count). The molecule has 1 aromatic heterocycles. The van der Waals surface area contributed by atoms with Gasteiger partial charge in [-0.05, 0) is 38.7 Å². The minimum absolute atomic E-state index is 0.763. The summed E-state index contributed by atoms with van der Waals surface area (Å²) >= 11 is 0. The van der Waals surface area contributed by atoms with Gasteiger partial charge in [0.2, 0.25) is 0 Å². The van der Waals surface area contributed by atoms with Gasteiger partial charge in [0.15, 0.2) is 0 Å². The second-order valence-electron chi connectivity index (χ2n) is 3.80. The third kappa shape index (κ3) is 1.61. The van der Waals surface area contributed by atoms with E-state index in [1.807, 2.05) is 18.8 Å². The average Bonchev–Trinajstić information content (AvgIpc) is 2.47. The molecule has 0 aliphatic heterocycles. The van der Waals surface area contributed by atoms with E-state index in [1.165, 1.54) is 5.56 Å². The summed E-state index contributed by atoms with van der Waals surface area (Å²) in [5.74, 6) is 0. The van der Waals surface area contributed by atoms with Gasteiger partial charge in [0, 0.05) is 0 Å². The molecule has 14 heavy (non-hydrogen) atoms. The maximum Gasteiger partial charge on any atom is 0.113 e. The van der Waals surface area contributed by atoms with Crippen LogP contribution in [-0.2, 0) is 6.67 Å². The number of benzene rings is 1. The molecule has 0 spiro atoms. The number of hydrogen-bond donors (Lipinski definition) is 0. The van der Waals surface area contributed by atoms with Crippen LogP contribution in [0.15, 0.2) is 18.2 Å². The highest BCUT2D eigenvalue weighted by atomic mass is 15.5. The molecule has 0 aliphatic rings. The first-order valence-corrected chi connectivity index (χ1v) is 4.61. The summed E-state index contributed by atoms with van der Waals surface area (Å²) in [6.45, 7) is 2.82. The zero-order valence-electron chi connectivity index (χ0n) is 8.73. The maximum atomic E-state index is 4.12. The SMILES string of the molecule is Cc1ccc2c(c1)nnn2CN(C)C. The maximum absolute atomic E-state index is 4.12. The molecule has 0 bridgehead atoms. The van der Waals surface area contributed by atoms with Crippen molar-refractivity contribution in [3.05, 3.63) is 23.8 Å². The Morgan fingerprint density at radius 3 is 2.86 bits per heavy atom. The summed E-state index contributed by atoms with van der Waals surface area (Å²) in [5, 5.41) is 8.22. The van der Waals surface area contributed by atoms with Gasteiger partial charge >= 0.3 is 0 Å². The lowest BCUT2D eigenvalue weighted by molar-refractivity contribution is 0.309. The van der Waals surface area contributed by atoms with E-state index in [4.69, 9.17) is 0 Å². The van der Waals surface area contributed by atoms with Gasteiger partial charge in [-0.1, -0.05) is 11.3 Å². The van der Waals surface area contributed by atoms with Crippen molar-refractivity contribution in [2.24, 2.45) is 0 Å². The molecule has 0 amide bonds. The normalized spacial score (nSPS) is 11.4. The lowest BCUT2D eigenvalue weighted by atomic mass is 10.2. The van der Waals surface area contributed by atoms with Gasteiger partial charge in [-0.25, -0.2) is 4.68 Å². The van der Waals surface area contributed by atoms with Crippen LogP contribution < -0.4 is 0 Å². The van der Waals surface area contributed by atoms with Crippen LogP contribution in [0.4, 0.5) is 0 Å². The van der Waals surface area contributed by atoms with E-state index in [-0.39, 0.29) is 0 Å². The molecule has 0 aliphatic carbocycles. The van der Waals surface area contributed by atoms with E-state index in [2.05, 4.69) is 40.3 Å². The Morgan fingerprint density at radius 1 is 1.36 bits per heavy atom. The molecular weight excluding hydrogens is 176 g/mol. The Kier molecular flexibility index (Phi) is 2.21. The molecule has 0 fully saturated rings. The van der Waals surface area contributed by atoms with Gasteiger partial charge in [-0.2, -0.15) is 0 Å². The Hall–Kier alpha value is -1.42. The van der Waals surface area contributed by atoms with Crippen LogP contribution >= 0.6 is 0 Å². The van der Waals surface area contributed by atoms with Crippen molar-refractivity contribution in [1.29, 1.82) is 0 Å². The van der Waals surface area contributed by atoms with Crippen LogP contribution in [0.2, 0.25) is 0 Å². The molecule has 74 valence electrons. The van der Waals surface area contributed by atoms with Crippen LogP contribution in [-0.4, -0.2) is 34.0 Å². The molecule has 1 heterocycles. The average molecular weight is 190 g/mol. The summed E-state index contributed by atoms with van der Waals surface area (Å²) in [7, 11) is 4.03. The molecule has 0 saturated heterocycles. The van der Waals surface area contributed by atoms with Gasteiger partial charge < -0.3 is 0 Å². The van der Waals surface area contributed by atoms with Crippen LogP contribution in [0.25, 0.3) is 11.0 Å². The van der Waals surface area contributed by atoms with E-state index in [0.717, 1.165) is 17.7 Å². The van der Waals surface area contributed by atoms with Gasteiger partial charge in [0.1, 0.15) is 5.52 Å². The Balaban J connectivity index is 2.47. The molecular formula is C10H14N4. The highest BCUT2D eigenvalue weighted by molar-refractivity contribution is 5.74. The van der Waals surface area contributed by atoms with Crippen LogP contribution in [0, 0.1) is 6.92 Å². The second kappa shape index (κ2) is 3.38. The number of nitrogens with zero attached hydrogens (tertiary/aromatic N) is 4. The minimum atomic E-state index is 0.763. The van der Waals surface area contributed by atoms with Crippen molar-refractivity contribution in [1.82, 2.24) is 19.9 Å². The number of fused-ring (bicyclic) bond motifs is 1. The molecule has 1 aromatic carbocycles. The fourth-order valence-corrected chi connectivity index (χ4v) is 1.45. The number of aryl methyl sites for hydroxylation is 1. The summed E-state index contributed by atoms with van der Waals surface area (Å²) < 4.78 is 1.90. The first-order chi connectivity index (χ1) is 6.66.